The third-order valence-electron chi connectivity index (χ3n) is 12.7. The highest BCUT2D eigenvalue weighted by molar-refractivity contribution is 5.89. The molecule has 5 saturated carbocycles. The second kappa shape index (κ2) is 8.87. The number of esters is 1. The zero-order valence-electron chi connectivity index (χ0n) is 24.3. The van der Waals surface area contributed by atoms with Gasteiger partial charge in [-0.05, 0) is 62.4 Å². The first-order valence-electron chi connectivity index (χ1n) is 15.0. The summed E-state index contributed by atoms with van der Waals surface area (Å²) >= 11 is 0. The molecule has 226 valence electrons. The lowest BCUT2D eigenvalue weighted by Crippen LogP contribution is -2.87. The fourth-order valence-electron chi connectivity index (χ4n) is 11.4. The molecule has 1 aromatic rings. The number of nitrogens with zero attached hydrogens (tertiary/aromatic N) is 1. The molecule has 10 nitrogen and oxygen atoms in total. The smallest absolute Gasteiger partial charge is 0.338 e. The number of piperidine rings is 1. The Kier molecular flexibility index (Phi) is 6.06. The van der Waals surface area contributed by atoms with Crippen LogP contribution in [0, 0.1) is 28.6 Å². The van der Waals surface area contributed by atoms with Crippen LogP contribution in [-0.2, 0) is 14.2 Å². The number of aliphatic hydroxyl groups is 4. The van der Waals surface area contributed by atoms with Crippen molar-refractivity contribution < 1.29 is 44.2 Å². The predicted octanol–water partition coefficient (Wildman–Crippen LogP) is 0.980. The van der Waals surface area contributed by atoms with Gasteiger partial charge >= 0.3 is 5.97 Å². The van der Waals surface area contributed by atoms with E-state index in [1.807, 2.05) is 0 Å². The van der Waals surface area contributed by atoms with E-state index in [0.29, 0.717) is 30.9 Å². The molecule has 0 amide bonds. The second-order valence-electron chi connectivity index (χ2n) is 13.7. The van der Waals surface area contributed by atoms with E-state index < -0.39 is 58.3 Å². The van der Waals surface area contributed by atoms with Crippen molar-refractivity contribution in [2.45, 2.75) is 80.2 Å². The monoisotopic (exact) mass is 573 g/mol. The second-order valence-corrected chi connectivity index (χ2v) is 13.7. The lowest BCUT2D eigenvalue weighted by Gasteiger charge is -2.72. The van der Waals surface area contributed by atoms with Crippen molar-refractivity contribution in [1.29, 1.82) is 0 Å². The van der Waals surface area contributed by atoms with Crippen molar-refractivity contribution in [2.75, 3.05) is 41.0 Å². The van der Waals surface area contributed by atoms with Gasteiger partial charge in [0.15, 0.2) is 0 Å². The van der Waals surface area contributed by atoms with Crippen molar-refractivity contribution in [1.82, 2.24) is 4.90 Å². The number of methoxy groups -OCH3 is 3. The van der Waals surface area contributed by atoms with E-state index in [0.717, 1.165) is 19.4 Å². The Balaban J connectivity index is 1.35. The third kappa shape index (κ3) is 3.00. The molecule has 5 aliphatic carbocycles. The molecule has 1 spiro atoms. The Hall–Kier alpha value is -1.79. The molecule has 6 aliphatic rings. The van der Waals surface area contributed by atoms with Gasteiger partial charge in [-0.3, -0.25) is 4.90 Å². The fourth-order valence-corrected chi connectivity index (χ4v) is 11.4. The Bertz CT molecular complexity index is 1230. The van der Waals surface area contributed by atoms with Gasteiger partial charge in [-0.25, -0.2) is 4.79 Å². The van der Waals surface area contributed by atoms with Gasteiger partial charge < -0.3 is 39.4 Å². The van der Waals surface area contributed by atoms with Crippen LogP contribution in [0.1, 0.15) is 49.4 Å². The molecule has 0 radical (unpaired) electrons. The normalized spacial score (nSPS) is 51.0. The van der Waals surface area contributed by atoms with Crippen LogP contribution < -0.4 is 4.74 Å². The van der Waals surface area contributed by atoms with Crippen LogP contribution in [-0.4, -0.2) is 113 Å². The summed E-state index contributed by atoms with van der Waals surface area (Å²) in [4.78, 5) is 15.5. The molecule has 1 aliphatic heterocycles. The molecule has 0 aromatic heterocycles. The van der Waals surface area contributed by atoms with Crippen molar-refractivity contribution in [3.8, 4) is 5.75 Å². The van der Waals surface area contributed by atoms with Gasteiger partial charge in [0.1, 0.15) is 28.7 Å². The first-order chi connectivity index (χ1) is 19.5. The van der Waals surface area contributed by atoms with Gasteiger partial charge in [-0.15, -0.1) is 0 Å². The lowest BCUT2D eigenvalue weighted by atomic mass is 9.41. The topological polar surface area (TPSA) is 138 Å². The van der Waals surface area contributed by atoms with Crippen LogP contribution in [0.5, 0.6) is 5.75 Å². The van der Waals surface area contributed by atoms with Gasteiger partial charge in [-0.1, -0.05) is 6.92 Å². The van der Waals surface area contributed by atoms with Crippen LogP contribution >= 0.6 is 0 Å². The minimum Gasteiger partial charge on any atom is -0.497 e. The number of ether oxygens (including phenoxy) is 4. The summed E-state index contributed by atoms with van der Waals surface area (Å²) in [6, 6.07) is 6.06. The maximum Gasteiger partial charge on any atom is 0.338 e. The van der Waals surface area contributed by atoms with Crippen LogP contribution in [0.3, 0.4) is 0 Å². The molecule has 1 aromatic carbocycles. The highest BCUT2D eigenvalue weighted by Crippen LogP contribution is 2.81. The molecule has 1 saturated heterocycles. The number of carbonyl (C=O) groups excluding carboxylic acids is 1. The fraction of sp³-hybridized carbons (Fsp3) is 0.774. The molecule has 6 fully saturated rings. The third-order valence-corrected chi connectivity index (χ3v) is 12.7. The van der Waals surface area contributed by atoms with E-state index in [2.05, 4.69) is 11.8 Å². The van der Waals surface area contributed by atoms with E-state index in [1.165, 1.54) is 0 Å². The quantitative estimate of drug-likeness (QED) is 0.349. The summed E-state index contributed by atoms with van der Waals surface area (Å²) in [7, 11) is 4.94. The number of carbonyl (C=O) groups is 1. The summed E-state index contributed by atoms with van der Waals surface area (Å²) in [5.41, 5.74) is -6.54. The minimum absolute atomic E-state index is 0.0821. The maximum atomic E-state index is 13.3. The summed E-state index contributed by atoms with van der Waals surface area (Å²) < 4.78 is 23.3. The largest absolute Gasteiger partial charge is 0.497 e. The van der Waals surface area contributed by atoms with Crippen molar-refractivity contribution in [3.63, 3.8) is 0 Å². The molecule has 7 bridgehead atoms. The summed E-state index contributed by atoms with van der Waals surface area (Å²) in [5, 5.41) is 50.2. The van der Waals surface area contributed by atoms with Crippen molar-refractivity contribution in [2.24, 2.45) is 28.6 Å². The molecule has 12 atom stereocenters. The van der Waals surface area contributed by atoms with Gasteiger partial charge in [-0.2, -0.15) is 0 Å². The number of likely N-dealkylation sites (N-methyl/N-ethyl adjacent to an activating group) is 1. The number of aliphatic hydroxyl groups excluding tert-OH is 1. The number of hydrogen-bond acceptors (Lipinski definition) is 10. The minimum atomic E-state index is -2.11. The molecule has 0 unspecified atom stereocenters. The number of benzene rings is 1. The van der Waals surface area contributed by atoms with Gasteiger partial charge in [0.25, 0.3) is 0 Å². The molecule has 1 heterocycles. The highest BCUT2D eigenvalue weighted by Gasteiger charge is 2.92. The molecule has 7 rings (SSSR count). The van der Waals surface area contributed by atoms with E-state index in [1.54, 1.807) is 45.6 Å². The first-order valence-corrected chi connectivity index (χ1v) is 15.0. The maximum absolute atomic E-state index is 13.3. The number of fused-ring (bicyclic) bond motifs is 2. The van der Waals surface area contributed by atoms with Crippen LogP contribution in [0.25, 0.3) is 0 Å². The zero-order chi connectivity index (χ0) is 29.2. The Morgan fingerprint density at radius 2 is 1.80 bits per heavy atom. The number of rotatable bonds is 7. The number of likely N-dealkylation sites (tertiary alicyclic amines) is 1. The number of hydrogen-bond donors (Lipinski definition) is 4. The van der Waals surface area contributed by atoms with Gasteiger partial charge in [0.05, 0.1) is 37.5 Å². The van der Waals surface area contributed by atoms with Gasteiger partial charge in [0.2, 0.25) is 0 Å². The van der Waals surface area contributed by atoms with Crippen LogP contribution in [0.15, 0.2) is 24.3 Å². The van der Waals surface area contributed by atoms with Crippen molar-refractivity contribution >= 4 is 5.97 Å². The zero-order valence-corrected chi connectivity index (χ0v) is 24.3. The first kappa shape index (κ1) is 28.0. The lowest BCUT2D eigenvalue weighted by molar-refractivity contribution is -0.366. The van der Waals surface area contributed by atoms with Crippen LogP contribution in [0.2, 0.25) is 0 Å². The van der Waals surface area contributed by atoms with Crippen molar-refractivity contribution in [3.05, 3.63) is 29.8 Å². The molecular formula is C31H43NO9. The highest BCUT2D eigenvalue weighted by atomic mass is 16.5. The van der Waals surface area contributed by atoms with E-state index in [9.17, 15) is 25.2 Å². The molecule has 10 heteroatoms. The molecule has 4 N–H and O–H groups in total. The van der Waals surface area contributed by atoms with Gasteiger partial charge in [0, 0.05) is 49.9 Å². The Morgan fingerprint density at radius 3 is 2.44 bits per heavy atom. The SMILES string of the molecule is CCN1C[C@]2(COC)CC[C@H](OC)[C@@]34[C@@H]2C[C@](O)([C@@H]13)[C@@]1(O)C[C@H](OC(=O)c2ccc(OC)cc2)[C@H]2C[C@@H]4[C@]1(O)[C@H]2O. The standard InChI is InChI=1S/C31H43NO9/c1-5-32-15-27(16-38-2)11-10-23(40-4)30-21-12-19-20(41-25(34)17-6-8-18(39-3)9-7-17)13-29(36,31(21,37)24(19)33)28(35,26(30)32)14-22(27)30/h6-9,19-24,26,33,35-37H,5,10-16H2,1-4H3/t19-,20+,21+,22-,23+,24+,26-,27+,28+,29+,30-,31+/m1/s1. The average Bonchev–Trinajstić information content (AvgIpc) is 3.31. The van der Waals surface area contributed by atoms with E-state index in [-0.39, 0.29) is 30.3 Å². The van der Waals surface area contributed by atoms with E-state index >= 15 is 0 Å². The molecular weight excluding hydrogens is 530 g/mol. The predicted molar refractivity (Wildman–Crippen MR) is 145 cm³/mol. The summed E-state index contributed by atoms with van der Waals surface area (Å²) in [6.45, 7) is 3.93. The van der Waals surface area contributed by atoms with E-state index in [4.69, 9.17) is 18.9 Å². The average molecular weight is 574 g/mol. The molecule has 41 heavy (non-hydrogen) atoms. The Morgan fingerprint density at radius 1 is 1.07 bits per heavy atom. The Labute approximate surface area is 240 Å². The summed E-state index contributed by atoms with van der Waals surface area (Å²) in [5.74, 6) is -1.24. The summed E-state index contributed by atoms with van der Waals surface area (Å²) in [6.07, 6.45) is -0.521. The van der Waals surface area contributed by atoms with Crippen LogP contribution in [0.4, 0.5) is 0 Å².